The summed E-state index contributed by atoms with van der Waals surface area (Å²) in [6.45, 7) is 4.20. The van der Waals surface area contributed by atoms with Gasteiger partial charge in [0, 0.05) is 18.4 Å². The van der Waals surface area contributed by atoms with Crippen LogP contribution in [0.2, 0.25) is 0 Å². The minimum Gasteiger partial charge on any atom is -0.478 e. The van der Waals surface area contributed by atoms with Crippen molar-refractivity contribution in [3.8, 4) is 0 Å². The molecular weight excluding hydrogens is 204 g/mol. The molecule has 0 aliphatic heterocycles. The molecule has 4 heteroatoms. The van der Waals surface area contributed by atoms with Gasteiger partial charge in [-0.15, -0.1) is 0 Å². The number of carbonyl (C=O) groups is 1. The van der Waals surface area contributed by atoms with E-state index in [-0.39, 0.29) is 11.6 Å². The molecule has 88 valence electrons. The van der Waals surface area contributed by atoms with Gasteiger partial charge < -0.3 is 10.4 Å². The number of nitrogens with zero attached hydrogens (tertiary/aromatic N) is 1. The Hall–Kier alpha value is -1.58. The quantitative estimate of drug-likeness (QED) is 0.777. The van der Waals surface area contributed by atoms with E-state index in [4.69, 9.17) is 5.11 Å². The molecule has 1 unspecified atom stereocenters. The summed E-state index contributed by atoms with van der Waals surface area (Å²) in [6.07, 6.45) is 6.30. The summed E-state index contributed by atoms with van der Waals surface area (Å²) in [5.74, 6) is -0.946. The molecule has 0 radical (unpaired) electrons. The van der Waals surface area contributed by atoms with Gasteiger partial charge in [-0.1, -0.05) is 19.8 Å². The van der Waals surface area contributed by atoms with Crippen LogP contribution in [0.4, 0.5) is 5.69 Å². The van der Waals surface area contributed by atoms with Gasteiger partial charge in [0.25, 0.3) is 0 Å². The predicted molar refractivity (Wildman–Crippen MR) is 63.8 cm³/mol. The Labute approximate surface area is 95.7 Å². The van der Waals surface area contributed by atoms with Crippen LogP contribution in [0.5, 0.6) is 0 Å². The number of unbranched alkanes of at least 4 members (excludes halogenated alkanes) is 1. The highest BCUT2D eigenvalue weighted by Crippen LogP contribution is 2.16. The van der Waals surface area contributed by atoms with Gasteiger partial charge in [-0.25, -0.2) is 4.79 Å². The minimum absolute atomic E-state index is 0.228. The van der Waals surface area contributed by atoms with Crippen molar-refractivity contribution in [3.63, 3.8) is 0 Å². The number of carboxylic acids is 1. The summed E-state index contributed by atoms with van der Waals surface area (Å²) < 4.78 is 0. The van der Waals surface area contributed by atoms with Gasteiger partial charge >= 0.3 is 5.97 Å². The Morgan fingerprint density at radius 1 is 1.62 bits per heavy atom. The molecule has 0 aromatic carbocycles. The number of hydrogen-bond acceptors (Lipinski definition) is 3. The maximum absolute atomic E-state index is 10.9. The van der Waals surface area contributed by atoms with E-state index in [0.29, 0.717) is 5.69 Å². The summed E-state index contributed by atoms with van der Waals surface area (Å²) in [7, 11) is 0. The maximum atomic E-state index is 10.9. The number of carboxylic acid groups (broad SMARTS) is 1. The van der Waals surface area contributed by atoms with Gasteiger partial charge in [0.05, 0.1) is 5.69 Å². The maximum Gasteiger partial charge on any atom is 0.339 e. The van der Waals surface area contributed by atoms with Crippen LogP contribution >= 0.6 is 0 Å². The monoisotopic (exact) mass is 222 g/mol. The van der Waals surface area contributed by atoms with E-state index in [2.05, 4.69) is 24.1 Å². The van der Waals surface area contributed by atoms with Crippen LogP contribution in [0.3, 0.4) is 0 Å². The van der Waals surface area contributed by atoms with Crippen LogP contribution in [0.25, 0.3) is 0 Å². The summed E-state index contributed by atoms with van der Waals surface area (Å²) in [5.41, 5.74) is 0.872. The van der Waals surface area contributed by atoms with E-state index >= 15 is 0 Å². The van der Waals surface area contributed by atoms with Gasteiger partial charge in [-0.2, -0.15) is 0 Å². The Kier molecular flexibility index (Phi) is 4.76. The first-order valence-electron chi connectivity index (χ1n) is 5.59. The van der Waals surface area contributed by atoms with Crippen molar-refractivity contribution in [3.05, 3.63) is 24.0 Å². The number of aromatic carboxylic acids is 1. The zero-order valence-corrected chi connectivity index (χ0v) is 9.73. The summed E-state index contributed by atoms with van der Waals surface area (Å²) in [4.78, 5) is 14.8. The molecule has 0 aliphatic rings. The van der Waals surface area contributed by atoms with Crippen molar-refractivity contribution in [1.29, 1.82) is 0 Å². The van der Waals surface area contributed by atoms with E-state index in [1.807, 2.05) is 0 Å². The summed E-state index contributed by atoms with van der Waals surface area (Å²) in [5, 5.41) is 12.2. The smallest absolute Gasteiger partial charge is 0.339 e. The third-order valence-corrected chi connectivity index (χ3v) is 2.44. The third kappa shape index (κ3) is 3.53. The third-order valence-electron chi connectivity index (χ3n) is 2.44. The molecule has 16 heavy (non-hydrogen) atoms. The second-order valence-corrected chi connectivity index (χ2v) is 3.91. The first kappa shape index (κ1) is 12.5. The average molecular weight is 222 g/mol. The van der Waals surface area contributed by atoms with Gasteiger partial charge in [0.1, 0.15) is 5.56 Å². The second-order valence-electron chi connectivity index (χ2n) is 3.91. The molecule has 2 N–H and O–H groups in total. The van der Waals surface area contributed by atoms with Crippen molar-refractivity contribution < 1.29 is 9.90 Å². The molecule has 1 rings (SSSR count). The summed E-state index contributed by atoms with van der Waals surface area (Å²) in [6, 6.07) is 1.98. The number of hydrogen-bond donors (Lipinski definition) is 2. The van der Waals surface area contributed by atoms with Crippen molar-refractivity contribution >= 4 is 11.7 Å². The molecule has 1 atom stereocenters. The first-order chi connectivity index (χ1) is 7.65. The van der Waals surface area contributed by atoms with Gasteiger partial charge in [-0.3, -0.25) is 4.98 Å². The van der Waals surface area contributed by atoms with Crippen molar-refractivity contribution in [2.75, 3.05) is 5.32 Å². The van der Waals surface area contributed by atoms with Crippen LogP contribution in [0.1, 0.15) is 43.5 Å². The molecule has 1 heterocycles. The Bertz CT molecular complexity index is 353. The summed E-state index contributed by atoms with van der Waals surface area (Å²) >= 11 is 0. The molecule has 0 amide bonds. The number of nitrogens with one attached hydrogen (secondary N) is 1. The lowest BCUT2D eigenvalue weighted by atomic mass is 10.1. The van der Waals surface area contributed by atoms with E-state index in [1.165, 1.54) is 6.20 Å². The highest BCUT2D eigenvalue weighted by atomic mass is 16.4. The van der Waals surface area contributed by atoms with E-state index in [1.54, 1.807) is 12.3 Å². The normalized spacial score (nSPS) is 12.1. The molecule has 0 spiro atoms. The fourth-order valence-electron chi connectivity index (χ4n) is 1.54. The lowest BCUT2D eigenvalue weighted by molar-refractivity contribution is 0.0697. The molecule has 0 aliphatic carbocycles. The Morgan fingerprint density at radius 2 is 2.38 bits per heavy atom. The molecule has 0 fully saturated rings. The van der Waals surface area contributed by atoms with E-state index in [9.17, 15) is 4.79 Å². The number of rotatable bonds is 6. The zero-order chi connectivity index (χ0) is 12.0. The molecule has 1 aromatic rings. The van der Waals surface area contributed by atoms with E-state index in [0.717, 1.165) is 19.3 Å². The van der Waals surface area contributed by atoms with Crippen LogP contribution < -0.4 is 5.32 Å². The molecule has 0 saturated heterocycles. The van der Waals surface area contributed by atoms with Crippen LogP contribution in [0, 0.1) is 0 Å². The first-order valence-corrected chi connectivity index (χ1v) is 5.59. The number of anilines is 1. The molecule has 1 aromatic heterocycles. The largest absolute Gasteiger partial charge is 0.478 e. The van der Waals surface area contributed by atoms with Crippen LogP contribution in [-0.2, 0) is 0 Å². The van der Waals surface area contributed by atoms with Crippen molar-refractivity contribution in [2.24, 2.45) is 0 Å². The molecule has 4 nitrogen and oxygen atoms in total. The molecular formula is C12H18N2O2. The van der Waals surface area contributed by atoms with Gasteiger partial charge in [0.15, 0.2) is 0 Å². The molecule has 0 bridgehead atoms. The Morgan fingerprint density at radius 3 is 3.00 bits per heavy atom. The lowest BCUT2D eigenvalue weighted by Crippen LogP contribution is -2.17. The minimum atomic E-state index is -0.946. The topological polar surface area (TPSA) is 62.2 Å². The second kappa shape index (κ2) is 6.10. The molecule has 0 saturated carbocycles. The standard InChI is InChI=1S/C12H18N2O2/c1-3-4-5-9(2)14-11-6-7-13-8-10(11)12(15)16/h6-9H,3-5H2,1-2H3,(H,13,14)(H,15,16). The lowest BCUT2D eigenvalue weighted by Gasteiger charge is -2.16. The fourth-order valence-corrected chi connectivity index (χ4v) is 1.54. The highest BCUT2D eigenvalue weighted by Gasteiger charge is 2.11. The van der Waals surface area contributed by atoms with Crippen LogP contribution in [-0.4, -0.2) is 22.1 Å². The van der Waals surface area contributed by atoms with E-state index < -0.39 is 5.97 Å². The van der Waals surface area contributed by atoms with Crippen molar-refractivity contribution in [1.82, 2.24) is 4.98 Å². The zero-order valence-electron chi connectivity index (χ0n) is 9.73. The average Bonchev–Trinajstić information content (AvgIpc) is 2.27. The van der Waals surface area contributed by atoms with Crippen LogP contribution in [0.15, 0.2) is 18.5 Å². The SMILES string of the molecule is CCCCC(C)Nc1ccncc1C(=O)O. The number of pyridine rings is 1. The fraction of sp³-hybridized carbons (Fsp3) is 0.500. The predicted octanol–water partition coefficient (Wildman–Crippen LogP) is 2.77. The van der Waals surface area contributed by atoms with Gasteiger partial charge in [-0.05, 0) is 19.4 Å². The van der Waals surface area contributed by atoms with Crippen molar-refractivity contribution in [2.45, 2.75) is 39.2 Å². The number of aromatic nitrogens is 1. The Balaban J connectivity index is 2.69. The van der Waals surface area contributed by atoms with Gasteiger partial charge in [0.2, 0.25) is 0 Å². The highest BCUT2D eigenvalue weighted by molar-refractivity contribution is 5.93.